The van der Waals surface area contributed by atoms with Gasteiger partial charge in [-0.1, -0.05) is 6.92 Å². The van der Waals surface area contributed by atoms with Crippen LogP contribution in [0, 0.1) is 6.92 Å². The van der Waals surface area contributed by atoms with E-state index in [1.165, 1.54) is 11.3 Å². The molecular weight excluding hydrogens is 262 g/mol. The summed E-state index contributed by atoms with van der Waals surface area (Å²) in [5, 5.41) is 3.45. The van der Waals surface area contributed by atoms with E-state index in [0.29, 0.717) is 0 Å². The molecule has 5 heteroatoms. The third-order valence-corrected chi connectivity index (χ3v) is 3.55. The Hall–Kier alpha value is -1.88. The summed E-state index contributed by atoms with van der Waals surface area (Å²) in [5.41, 5.74) is 3.48. The van der Waals surface area contributed by atoms with Crippen molar-refractivity contribution in [3.63, 3.8) is 0 Å². The lowest BCUT2D eigenvalue weighted by Crippen LogP contribution is -2.23. The molecule has 0 unspecified atom stereocenters. The molecule has 2 aromatic heterocycles. The molecule has 0 saturated heterocycles. The smallest absolute Gasteiger partial charge is 0.127 e. The van der Waals surface area contributed by atoms with Gasteiger partial charge in [0.1, 0.15) is 5.82 Å². The van der Waals surface area contributed by atoms with Gasteiger partial charge in [0, 0.05) is 56.2 Å². The SMILES string of the molecule is CCCNCc1cnc(C)cc1N(C)Cc1nccn1C. The third-order valence-electron chi connectivity index (χ3n) is 3.55. The Morgan fingerprint density at radius 1 is 1.33 bits per heavy atom. The summed E-state index contributed by atoms with van der Waals surface area (Å²) in [7, 11) is 4.13. The van der Waals surface area contributed by atoms with Crippen LogP contribution >= 0.6 is 0 Å². The quantitative estimate of drug-likeness (QED) is 0.794. The molecule has 5 nitrogen and oxygen atoms in total. The van der Waals surface area contributed by atoms with Gasteiger partial charge in [0.15, 0.2) is 0 Å². The Kier molecular flexibility index (Phi) is 5.33. The van der Waals surface area contributed by atoms with E-state index in [1.807, 2.05) is 32.6 Å². The monoisotopic (exact) mass is 287 g/mol. The van der Waals surface area contributed by atoms with Gasteiger partial charge in [-0.05, 0) is 26.0 Å². The molecular formula is C16H25N5. The van der Waals surface area contributed by atoms with E-state index >= 15 is 0 Å². The van der Waals surface area contributed by atoms with Gasteiger partial charge in [0.25, 0.3) is 0 Å². The molecule has 0 saturated carbocycles. The van der Waals surface area contributed by atoms with Crippen molar-refractivity contribution in [1.29, 1.82) is 0 Å². The number of aryl methyl sites for hydroxylation is 2. The van der Waals surface area contributed by atoms with Crippen LogP contribution < -0.4 is 10.2 Å². The normalized spacial score (nSPS) is 10.9. The predicted molar refractivity (Wildman–Crippen MR) is 86.3 cm³/mol. The second-order valence-electron chi connectivity index (χ2n) is 5.44. The lowest BCUT2D eigenvalue weighted by molar-refractivity contribution is 0.670. The molecule has 0 aliphatic heterocycles. The molecule has 0 fully saturated rings. The van der Waals surface area contributed by atoms with Crippen molar-refractivity contribution in [2.24, 2.45) is 7.05 Å². The Morgan fingerprint density at radius 2 is 2.14 bits per heavy atom. The van der Waals surface area contributed by atoms with Gasteiger partial charge in [-0.15, -0.1) is 0 Å². The highest BCUT2D eigenvalue weighted by molar-refractivity contribution is 5.53. The molecule has 0 aliphatic carbocycles. The fourth-order valence-corrected chi connectivity index (χ4v) is 2.31. The topological polar surface area (TPSA) is 46.0 Å². The van der Waals surface area contributed by atoms with Crippen LogP contribution in [0.3, 0.4) is 0 Å². The van der Waals surface area contributed by atoms with Gasteiger partial charge in [-0.25, -0.2) is 4.98 Å². The van der Waals surface area contributed by atoms with Crippen LogP contribution in [0.5, 0.6) is 0 Å². The van der Waals surface area contributed by atoms with Crippen LogP contribution in [0.25, 0.3) is 0 Å². The summed E-state index contributed by atoms with van der Waals surface area (Å²) in [4.78, 5) is 11.1. The highest BCUT2D eigenvalue weighted by Crippen LogP contribution is 2.21. The first-order valence-corrected chi connectivity index (χ1v) is 7.45. The number of anilines is 1. The second-order valence-corrected chi connectivity index (χ2v) is 5.44. The summed E-state index contributed by atoms with van der Waals surface area (Å²) in [6.45, 7) is 6.86. The van der Waals surface area contributed by atoms with Gasteiger partial charge in [0.05, 0.1) is 6.54 Å². The zero-order valence-corrected chi connectivity index (χ0v) is 13.4. The number of rotatable bonds is 7. The van der Waals surface area contributed by atoms with E-state index in [1.54, 1.807) is 0 Å². The van der Waals surface area contributed by atoms with Crippen molar-refractivity contribution in [3.05, 3.63) is 41.7 Å². The average Bonchev–Trinajstić information content (AvgIpc) is 2.86. The number of hydrogen-bond acceptors (Lipinski definition) is 4. The van der Waals surface area contributed by atoms with E-state index in [2.05, 4.69) is 44.8 Å². The summed E-state index contributed by atoms with van der Waals surface area (Å²) in [6.07, 6.45) is 6.93. The van der Waals surface area contributed by atoms with Crippen LogP contribution in [0.15, 0.2) is 24.7 Å². The molecule has 21 heavy (non-hydrogen) atoms. The molecule has 1 N–H and O–H groups in total. The fraction of sp³-hybridized carbons (Fsp3) is 0.500. The molecule has 0 aromatic carbocycles. The maximum atomic E-state index is 4.43. The van der Waals surface area contributed by atoms with Gasteiger partial charge in [-0.2, -0.15) is 0 Å². The Morgan fingerprint density at radius 3 is 2.81 bits per heavy atom. The van der Waals surface area contributed by atoms with Crippen molar-refractivity contribution >= 4 is 5.69 Å². The first-order valence-electron chi connectivity index (χ1n) is 7.45. The van der Waals surface area contributed by atoms with Crippen LogP contribution in [-0.2, 0) is 20.1 Å². The number of pyridine rings is 1. The van der Waals surface area contributed by atoms with E-state index in [-0.39, 0.29) is 0 Å². The first kappa shape index (κ1) is 15.5. The minimum Gasteiger partial charge on any atom is -0.367 e. The maximum absolute atomic E-state index is 4.43. The largest absolute Gasteiger partial charge is 0.367 e. The Bertz CT molecular complexity index is 576. The summed E-state index contributed by atoms with van der Waals surface area (Å²) < 4.78 is 2.06. The number of imidazole rings is 1. The lowest BCUT2D eigenvalue weighted by Gasteiger charge is -2.22. The van der Waals surface area contributed by atoms with Gasteiger partial charge in [-0.3, -0.25) is 4.98 Å². The van der Waals surface area contributed by atoms with Gasteiger partial charge in [0.2, 0.25) is 0 Å². The molecule has 0 spiro atoms. The number of nitrogens with zero attached hydrogens (tertiary/aromatic N) is 4. The molecule has 0 bridgehead atoms. The standard InChI is InChI=1S/C16H25N5/c1-5-6-17-10-14-11-19-13(2)9-15(14)21(4)12-16-18-7-8-20(16)3/h7-9,11,17H,5-6,10,12H2,1-4H3. The lowest BCUT2D eigenvalue weighted by atomic mass is 10.2. The Balaban J connectivity index is 2.16. The van der Waals surface area contributed by atoms with Crippen molar-refractivity contribution in [2.45, 2.75) is 33.4 Å². The van der Waals surface area contributed by atoms with Gasteiger partial charge >= 0.3 is 0 Å². The van der Waals surface area contributed by atoms with E-state index in [4.69, 9.17) is 0 Å². The van der Waals surface area contributed by atoms with Gasteiger partial charge < -0.3 is 14.8 Å². The van der Waals surface area contributed by atoms with Crippen LogP contribution in [0.1, 0.15) is 30.4 Å². The third kappa shape index (κ3) is 4.04. The molecule has 0 amide bonds. The van der Waals surface area contributed by atoms with Crippen molar-refractivity contribution in [3.8, 4) is 0 Å². The number of aromatic nitrogens is 3. The molecule has 0 aliphatic rings. The molecule has 2 rings (SSSR count). The van der Waals surface area contributed by atoms with E-state index in [0.717, 1.165) is 37.6 Å². The summed E-state index contributed by atoms with van der Waals surface area (Å²) >= 11 is 0. The van der Waals surface area contributed by atoms with Crippen LogP contribution in [0.4, 0.5) is 5.69 Å². The minimum atomic E-state index is 0.785. The average molecular weight is 287 g/mol. The van der Waals surface area contributed by atoms with Crippen LogP contribution in [0.2, 0.25) is 0 Å². The first-order chi connectivity index (χ1) is 10.1. The van der Waals surface area contributed by atoms with E-state index < -0.39 is 0 Å². The molecule has 2 aromatic rings. The van der Waals surface area contributed by atoms with Crippen molar-refractivity contribution < 1.29 is 0 Å². The minimum absolute atomic E-state index is 0.785. The van der Waals surface area contributed by atoms with Crippen molar-refractivity contribution in [1.82, 2.24) is 19.9 Å². The highest BCUT2D eigenvalue weighted by Gasteiger charge is 2.11. The zero-order valence-electron chi connectivity index (χ0n) is 13.4. The zero-order chi connectivity index (χ0) is 15.2. The van der Waals surface area contributed by atoms with Crippen molar-refractivity contribution in [2.75, 3.05) is 18.5 Å². The number of nitrogens with one attached hydrogen (secondary N) is 1. The molecule has 2 heterocycles. The summed E-state index contributed by atoms with van der Waals surface area (Å²) in [6, 6.07) is 2.14. The highest BCUT2D eigenvalue weighted by atomic mass is 15.2. The Labute approximate surface area is 127 Å². The fourth-order valence-electron chi connectivity index (χ4n) is 2.31. The van der Waals surface area contributed by atoms with E-state index in [9.17, 15) is 0 Å². The maximum Gasteiger partial charge on any atom is 0.127 e. The molecule has 0 atom stereocenters. The summed E-state index contributed by atoms with van der Waals surface area (Å²) in [5.74, 6) is 1.06. The predicted octanol–water partition coefficient (Wildman–Crippen LogP) is 2.26. The van der Waals surface area contributed by atoms with Crippen LogP contribution in [-0.4, -0.2) is 28.1 Å². The number of hydrogen-bond donors (Lipinski definition) is 1. The molecule has 0 radical (unpaired) electrons. The molecule has 114 valence electrons. The second kappa shape index (κ2) is 7.22.